The number of carbonyl (C=O) groups is 1. The number of carboxylic acid groups (broad SMARTS) is 1. The van der Waals surface area contributed by atoms with Crippen LogP contribution in [0.25, 0.3) is 0 Å². The lowest BCUT2D eigenvalue weighted by atomic mass is 10.5. The molecule has 0 aromatic rings. The highest BCUT2D eigenvalue weighted by Gasteiger charge is 2.00. The van der Waals surface area contributed by atoms with E-state index in [1.807, 2.05) is 0 Å². The summed E-state index contributed by atoms with van der Waals surface area (Å²) in [4.78, 5) is 31.2. The summed E-state index contributed by atoms with van der Waals surface area (Å²) in [6.45, 7) is 1.51. The van der Waals surface area contributed by atoms with E-state index in [1.54, 1.807) is 0 Å². The van der Waals surface area contributed by atoms with E-state index in [-0.39, 0.29) is 0 Å². The van der Waals surface area contributed by atoms with Crippen molar-refractivity contribution in [2.75, 3.05) is 0 Å². The first-order valence-corrected chi connectivity index (χ1v) is 4.42. The van der Waals surface area contributed by atoms with E-state index < -0.39 is 19.0 Å². The largest absolute Gasteiger partial charge is 0.480 e. The summed E-state index contributed by atoms with van der Waals surface area (Å²) in [5, 5.41) is 7.38. The Morgan fingerprint density at radius 1 is 1.45 bits per heavy atom. The molecular formula is C3H9O6PS. The number of thiol groups is 1. The van der Waals surface area contributed by atoms with Gasteiger partial charge >= 0.3 is 13.8 Å². The van der Waals surface area contributed by atoms with Crippen molar-refractivity contribution >= 4 is 26.4 Å². The van der Waals surface area contributed by atoms with E-state index in [9.17, 15) is 4.79 Å². The molecule has 0 radical (unpaired) electrons. The normalized spacial score (nSPS) is 12.8. The van der Waals surface area contributed by atoms with Gasteiger partial charge in [0, 0.05) is 0 Å². The summed E-state index contributed by atoms with van der Waals surface area (Å²) in [6.07, 6.45) is 0. The maximum Gasteiger partial charge on any atom is 0.466 e. The number of phosphoric acid groups is 1. The smallest absolute Gasteiger partial charge is 0.466 e. The Labute approximate surface area is 68.5 Å². The lowest BCUT2D eigenvalue weighted by Crippen LogP contribution is -2.06. The molecular weight excluding hydrogens is 195 g/mol. The molecule has 11 heavy (non-hydrogen) atoms. The lowest BCUT2D eigenvalue weighted by Gasteiger charge is -1.88. The van der Waals surface area contributed by atoms with Crippen LogP contribution in [0.15, 0.2) is 0 Å². The first-order chi connectivity index (χ1) is 4.64. The minimum Gasteiger partial charge on any atom is -0.480 e. The summed E-state index contributed by atoms with van der Waals surface area (Å²) >= 11 is 3.59. The maximum absolute atomic E-state index is 9.62. The Balaban J connectivity index is 0. The fraction of sp³-hybridized carbons (Fsp3) is 0.667. The second-order valence-electron chi connectivity index (χ2n) is 1.53. The van der Waals surface area contributed by atoms with Crippen LogP contribution in [-0.4, -0.2) is 31.0 Å². The van der Waals surface area contributed by atoms with E-state index in [4.69, 9.17) is 24.4 Å². The topological polar surface area (TPSA) is 115 Å². The average Bonchev–Trinajstić information content (AvgIpc) is 1.59. The van der Waals surface area contributed by atoms with Gasteiger partial charge in [0.05, 0.1) is 5.25 Å². The van der Waals surface area contributed by atoms with Crippen molar-refractivity contribution in [3.8, 4) is 0 Å². The molecule has 8 heteroatoms. The molecule has 0 aliphatic heterocycles. The molecule has 0 aromatic heterocycles. The van der Waals surface area contributed by atoms with Crippen LogP contribution in [0, 0.1) is 0 Å². The molecule has 68 valence electrons. The van der Waals surface area contributed by atoms with Gasteiger partial charge in [-0.1, -0.05) is 0 Å². The minimum atomic E-state index is -4.64. The quantitative estimate of drug-likeness (QED) is 0.289. The third-order valence-electron chi connectivity index (χ3n) is 0.357. The molecule has 0 aliphatic carbocycles. The molecule has 0 saturated carbocycles. The van der Waals surface area contributed by atoms with Crippen molar-refractivity contribution in [1.29, 1.82) is 0 Å². The Hall–Kier alpha value is -0.0700. The van der Waals surface area contributed by atoms with Gasteiger partial charge in [-0.2, -0.15) is 12.6 Å². The number of aliphatic carboxylic acids is 1. The molecule has 0 bridgehead atoms. The number of carboxylic acids is 1. The van der Waals surface area contributed by atoms with Gasteiger partial charge in [-0.05, 0) is 6.92 Å². The van der Waals surface area contributed by atoms with Crippen molar-refractivity contribution in [1.82, 2.24) is 0 Å². The average molecular weight is 204 g/mol. The van der Waals surface area contributed by atoms with Gasteiger partial charge in [-0.15, -0.1) is 0 Å². The fourth-order valence-corrected chi connectivity index (χ4v) is 0. The molecule has 1 unspecified atom stereocenters. The number of hydrogen-bond donors (Lipinski definition) is 5. The van der Waals surface area contributed by atoms with Crippen LogP contribution in [0.2, 0.25) is 0 Å². The molecule has 0 spiro atoms. The lowest BCUT2D eigenvalue weighted by molar-refractivity contribution is -0.136. The van der Waals surface area contributed by atoms with Gasteiger partial charge in [0.2, 0.25) is 0 Å². The van der Waals surface area contributed by atoms with E-state index in [0.717, 1.165) is 0 Å². The van der Waals surface area contributed by atoms with Crippen molar-refractivity contribution < 1.29 is 29.1 Å². The molecule has 0 rings (SSSR count). The minimum absolute atomic E-state index is 0.537. The van der Waals surface area contributed by atoms with E-state index >= 15 is 0 Å². The van der Waals surface area contributed by atoms with Crippen LogP contribution in [0.4, 0.5) is 0 Å². The Morgan fingerprint density at radius 3 is 1.55 bits per heavy atom. The van der Waals surface area contributed by atoms with Crippen LogP contribution in [0.3, 0.4) is 0 Å². The third-order valence-corrected chi connectivity index (χ3v) is 0.578. The summed E-state index contributed by atoms with van der Waals surface area (Å²) in [5.74, 6) is -0.877. The Kier molecular flexibility index (Phi) is 6.84. The Morgan fingerprint density at radius 2 is 1.55 bits per heavy atom. The van der Waals surface area contributed by atoms with E-state index in [0.29, 0.717) is 0 Å². The van der Waals surface area contributed by atoms with E-state index in [2.05, 4.69) is 12.6 Å². The van der Waals surface area contributed by atoms with Crippen LogP contribution < -0.4 is 0 Å². The molecule has 6 nitrogen and oxygen atoms in total. The molecule has 0 saturated heterocycles. The Bertz CT molecular complexity index is 153. The maximum atomic E-state index is 9.62. The molecule has 0 heterocycles. The number of hydrogen-bond acceptors (Lipinski definition) is 3. The van der Waals surface area contributed by atoms with Gasteiger partial charge < -0.3 is 19.8 Å². The first-order valence-electron chi connectivity index (χ1n) is 2.33. The molecule has 0 aromatic carbocycles. The third kappa shape index (κ3) is 40.4. The highest BCUT2D eigenvalue weighted by molar-refractivity contribution is 7.81. The summed E-state index contributed by atoms with van der Waals surface area (Å²) in [7, 11) is -4.64. The van der Waals surface area contributed by atoms with Crippen molar-refractivity contribution in [2.45, 2.75) is 12.2 Å². The number of rotatable bonds is 1. The van der Waals surface area contributed by atoms with Gasteiger partial charge in [-0.3, -0.25) is 4.79 Å². The van der Waals surface area contributed by atoms with Gasteiger partial charge in [0.15, 0.2) is 0 Å². The van der Waals surface area contributed by atoms with Crippen LogP contribution >= 0.6 is 20.5 Å². The van der Waals surface area contributed by atoms with Gasteiger partial charge in [-0.25, -0.2) is 4.57 Å². The molecule has 0 fully saturated rings. The predicted molar refractivity (Wildman–Crippen MR) is 40.3 cm³/mol. The standard InChI is InChI=1S/C3H6O2S.H3O4P/c1-2(6)3(4)5;1-5(2,3)4/h2,6H,1H3,(H,4,5);(H3,1,2,3,4). The van der Waals surface area contributed by atoms with Crippen molar-refractivity contribution in [3.63, 3.8) is 0 Å². The van der Waals surface area contributed by atoms with Crippen LogP contribution in [-0.2, 0) is 9.36 Å². The van der Waals surface area contributed by atoms with Crippen LogP contribution in [0.1, 0.15) is 6.92 Å². The van der Waals surface area contributed by atoms with Gasteiger partial charge in [0.25, 0.3) is 0 Å². The fourth-order valence-electron chi connectivity index (χ4n) is 0. The summed E-state index contributed by atoms with van der Waals surface area (Å²) < 4.78 is 8.88. The molecule has 4 N–H and O–H groups in total. The second-order valence-corrected chi connectivity index (χ2v) is 3.33. The predicted octanol–water partition coefficient (Wildman–Crippen LogP) is -0.539. The zero-order valence-electron chi connectivity index (χ0n) is 5.58. The SMILES string of the molecule is CC(S)C(=O)O.O=P(O)(O)O. The van der Waals surface area contributed by atoms with Gasteiger partial charge in [0.1, 0.15) is 0 Å². The van der Waals surface area contributed by atoms with Crippen LogP contribution in [0.5, 0.6) is 0 Å². The second kappa shape index (κ2) is 5.56. The molecule has 0 amide bonds. The van der Waals surface area contributed by atoms with Crippen molar-refractivity contribution in [3.05, 3.63) is 0 Å². The molecule has 0 aliphatic rings. The molecule has 1 atom stereocenters. The summed E-state index contributed by atoms with van der Waals surface area (Å²) in [6, 6.07) is 0. The zero-order valence-corrected chi connectivity index (χ0v) is 7.37. The highest BCUT2D eigenvalue weighted by Crippen LogP contribution is 2.25. The zero-order chi connectivity index (χ0) is 9.65. The van der Waals surface area contributed by atoms with E-state index in [1.165, 1.54) is 6.92 Å². The monoisotopic (exact) mass is 204 g/mol. The first kappa shape index (κ1) is 13.5. The highest BCUT2D eigenvalue weighted by atomic mass is 32.1. The summed E-state index contributed by atoms with van der Waals surface area (Å²) in [5.41, 5.74) is 0. The van der Waals surface area contributed by atoms with Crippen molar-refractivity contribution in [2.24, 2.45) is 0 Å².